The number of carbonyl (C=O) groups is 1. The van der Waals surface area contributed by atoms with Gasteiger partial charge in [0.2, 0.25) is 10.0 Å². The van der Waals surface area contributed by atoms with Gasteiger partial charge in [-0.3, -0.25) is 9.69 Å². The standard InChI is InChI=1S/C25H32N8O3S2/c1-4-32(5-2)17(3)15-28-25(34)18-13-21(30-23(14-18)27-9-12-38(26,35)36)19-16-29-33-10-8-20(31-24(19)33)22-7-6-11-37-22/h6-8,10-11,13-14,16-17H,4-5,9,12,15H2,1-3H3,(H,27,30)(H,28,34)(H2,26,35,36)/t17-/m0/s1. The number of amides is 1. The van der Waals surface area contributed by atoms with Crippen LogP contribution in [0.1, 0.15) is 31.1 Å². The van der Waals surface area contributed by atoms with E-state index in [0.29, 0.717) is 34.8 Å². The van der Waals surface area contributed by atoms with E-state index in [1.165, 1.54) is 0 Å². The molecule has 4 rings (SSSR count). The number of rotatable bonds is 12. The first-order valence-electron chi connectivity index (χ1n) is 12.4. The number of nitrogens with two attached hydrogens (primary N) is 1. The number of nitrogens with one attached hydrogen (secondary N) is 2. The van der Waals surface area contributed by atoms with Crippen molar-refractivity contribution in [2.24, 2.45) is 5.14 Å². The Hall–Kier alpha value is -3.39. The summed E-state index contributed by atoms with van der Waals surface area (Å²) in [4.78, 5) is 25.9. The number of hydrogen-bond donors (Lipinski definition) is 3. The Kier molecular flexibility index (Phi) is 8.72. The maximum Gasteiger partial charge on any atom is 0.251 e. The Labute approximate surface area is 226 Å². The van der Waals surface area contributed by atoms with Gasteiger partial charge in [-0.15, -0.1) is 11.3 Å². The number of likely N-dealkylation sites (N-methyl/N-ethyl adjacent to an activating group) is 1. The predicted octanol–water partition coefficient (Wildman–Crippen LogP) is 2.68. The first kappa shape index (κ1) is 27.6. The van der Waals surface area contributed by atoms with E-state index in [-0.39, 0.29) is 24.2 Å². The van der Waals surface area contributed by atoms with Crippen LogP contribution in [0.25, 0.3) is 27.5 Å². The van der Waals surface area contributed by atoms with Crippen molar-refractivity contribution in [2.45, 2.75) is 26.8 Å². The van der Waals surface area contributed by atoms with Crippen LogP contribution >= 0.6 is 11.3 Å². The molecule has 0 aliphatic carbocycles. The number of pyridine rings is 1. The second kappa shape index (κ2) is 12.0. The summed E-state index contributed by atoms with van der Waals surface area (Å²) in [5.41, 5.74) is 2.91. The lowest BCUT2D eigenvalue weighted by Crippen LogP contribution is -2.42. The fraction of sp³-hybridized carbons (Fsp3) is 0.360. The van der Waals surface area contributed by atoms with E-state index >= 15 is 0 Å². The lowest BCUT2D eigenvalue weighted by atomic mass is 10.1. The molecule has 4 aromatic rings. The van der Waals surface area contributed by atoms with E-state index in [2.05, 4.69) is 46.4 Å². The molecule has 0 aliphatic rings. The molecule has 1 atom stereocenters. The summed E-state index contributed by atoms with van der Waals surface area (Å²) in [7, 11) is -3.66. The maximum atomic E-state index is 13.2. The normalized spacial score (nSPS) is 12.7. The smallest absolute Gasteiger partial charge is 0.251 e. The highest BCUT2D eigenvalue weighted by molar-refractivity contribution is 7.89. The van der Waals surface area contributed by atoms with E-state index < -0.39 is 10.0 Å². The quantitative estimate of drug-likeness (QED) is 0.241. The highest BCUT2D eigenvalue weighted by Gasteiger charge is 2.18. The topological polar surface area (TPSA) is 148 Å². The number of anilines is 1. The largest absolute Gasteiger partial charge is 0.369 e. The maximum absolute atomic E-state index is 13.2. The molecule has 0 aromatic carbocycles. The van der Waals surface area contributed by atoms with E-state index in [1.54, 1.807) is 34.2 Å². The number of fused-ring (bicyclic) bond motifs is 1. The lowest BCUT2D eigenvalue weighted by Gasteiger charge is -2.26. The van der Waals surface area contributed by atoms with Crippen LogP contribution in [0, 0.1) is 0 Å². The van der Waals surface area contributed by atoms with Crippen LogP contribution in [-0.4, -0.2) is 76.8 Å². The third-order valence-corrected chi connectivity index (χ3v) is 7.86. The van der Waals surface area contributed by atoms with Crippen molar-refractivity contribution in [3.05, 3.63) is 53.7 Å². The van der Waals surface area contributed by atoms with E-state index in [9.17, 15) is 13.2 Å². The Morgan fingerprint density at radius 3 is 2.66 bits per heavy atom. The number of carbonyl (C=O) groups excluding carboxylic acids is 1. The van der Waals surface area contributed by atoms with Crippen molar-refractivity contribution in [3.63, 3.8) is 0 Å². The first-order valence-corrected chi connectivity index (χ1v) is 14.9. The summed E-state index contributed by atoms with van der Waals surface area (Å²) in [6.45, 7) is 8.55. The fourth-order valence-corrected chi connectivity index (χ4v) is 5.22. The zero-order chi connectivity index (χ0) is 27.3. The van der Waals surface area contributed by atoms with Crippen LogP contribution < -0.4 is 15.8 Å². The molecule has 4 heterocycles. The Balaban J connectivity index is 1.68. The van der Waals surface area contributed by atoms with E-state index in [4.69, 9.17) is 10.1 Å². The molecule has 0 saturated heterocycles. The van der Waals surface area contributed by atoms with Crippen LogP contribution in [0.3, 0.4) is 0 Å². The average Bonchev–Trinajstić information content (AvgIpc) is 3.57. The fourth-order valence-electron chi connectivity index (χ4n) is 4.14. The van der Waals surface area contributed by atoms with Gasteiger partial charge in [0, 0.05) is 30.9 Å². The summed E-state index contributed by atoms with van der Waals surface area (Å²) >= 11 is 1.59. The monoisotopic (exact) mass is 556 g/mol. The molecular weight excluding hydrogens is 524 g/mol. The lowest BCUT2D eigenvalue weighted by molar-refractivity contribution is 0.0938. The van der Waals surface area contributed by atoms with Crippen molar-refractivity contribution in [2.75, 3.05) is 37.2 Å². The van der Waals surface area contributed by atoms with Crippen LogP contribution in [0.2, 0.25) is 0 Å². The van der Waals surface area contributed by atoms with Gasteiger partial charge >= 0.3 is 0 Å². The first-order chi connectivity index (χ1) is 18.2. The average molecular weight is 557 g/mol. The molecule has 0 bridgehead atoms. The van der Waals surface area contributed by atoms with Crippen molar-refractivity contribution in [1.29, 1.82) is 0 Å². The Morgan fingerprint density at radius 2 is 1.97 bits per heavy atom. The SMILES string of the molecule is CCN(CC)[C@@H](C)CNC(=O)c1cc(NCCS(N)(=O)=O)nc(-c2cnn3ccc(-c4cccs4)nc23)c1. The van der Waals surface area contributed by atoms with Crippen LogP contribution in [0.4, 0.5) is 5.82 Å². The minimum Gasteiger partial charge on any atom is -0.369 e. The number of primary sulfonamides is 1. The third-order valence-electron chi connectivity index (χ3n) is 6.19. The summed E-state index contributed by atoms with van der Waals surface area (Å²) < 4.78 is 24.5. The van der Waals surface area contributed by atoms with Crippen molar-refractivity contribution in [1.82, 2.24) is 29.8 Å². The molecule has 0 saturated carbocycles. The molecular formula is C25H32N8O3S2. The summed E-state index contributed by atoms with van der Waals surface area (Å²) in [6, 6.07) is 9.31. The molecule has 0 unspecified atom stereocenters. The molecule has 202 valence electrons. The zero-order valence-electron chi connectivity index (χ0n) is 21.6. The molecule has 0 aliphatic heterocycles. The molecule has 38 heavy (non-hydrogen) atoms. The van der Waals surface area contributed by atoms with Gasteiger partial charge in [0.1, 0.15) is 5.82 Å². The number of hydrogen-bond acceptors (Lipinski definition) is 9. The molecule has 0 radical (unpaired) electrons. The van der Waals surface area contributed by atoms with Gasteiger partial charge in [0.15, 0.2) is 5.65 Å². The van der Waals surface area contributed by atoms with Crippen LogP contribution in [0.5, 0.6) is 0 Å². The second-order valence-electron chi connectivity index (χ2n) is 8.82. The minimum atomic E-state index is -3.66. The highest BCUT2D eigenvalue weighted by atomic mass is 32.2. The van der Waals surface area contributed by atoms with E-state index in [1.807, 2.05) is 29.8 Å². The summed E-state index contributed by atoms with van der Waals surface area (Å²) in [6.07, 6.45) is 3.48. The number of thiophene rings is 1. The van der Waals surface area contributed by atoms with Gasteiger partial charge in [-0.2, -0.15) is 5.10 Å². The van der Waals surface area contributed by atoms with Crippen molar-refractivity contribution >= 4 is 38.7 Å². The zero-order valence-corrected chi connectivity index (χ0v) is 23.2. The summed E-state index contributed by atoms with van der Waals surface area (Å²) in [5.74, 6) is -0.183. The molecule has 13 heteroatoms. The van der Waals surface area contributed by atoms with Gasteiger partial charge in [0.05, 0.1) is 33.8 Å². The van der Waals surface area contributed by atoms with Gasteiger partial charge in [-0.25, -0.2) is 28.0 Å². The van der Waals surface area contributed by atoms with Gasteiger partial charge < -0.3 is 10.6 Å². The molecule has 0 fully saturated rings. The van der Waals surface area contributed by atoms with E-state index in [0.717, 1.165) is 23.7 Å². The second-order valence-corrected chi connectivity index (χ2v) is 11.5. The Bertz CT molecular complexity index is 1500. The summed E-state index contributed by atoms with van der Waals surface area (Å²) in [5, 5.41) is 17.5. The van der Waals surface area contributed by atoms with Gasteiger partial charge in [-0.05, 0) is 49.7 Å². The number of aromatic nitrogens is 4. The molecule has 4 aromatic heterocycles. The van der Waals surface area contributed by atoms with Crippen LogP contribution in [-0.2, 0) is 10.0 Å². The molecule has 1 amide bonds. The van der Waals surface area contributed by atoms with Crippen LogP contribution in [0.15, 0.2) is 48.1 Å². The van der Waals surface area contributed by atoms with Gasteiger partial charge in [0.25, 0.3) is 5.91 Å². The predicted molar refractivity (Wildman–Crippen MR) is 151 cm³/mol. The minimum absolute atomic E-state index is 0.0465. The third kappa shape index (κ3) is 6.72. The van der Waals surface area contributed by atoms with Crippen molar-refractivity contribution in [3.8, 4) is 21.8 Å². The molecule has 0 spiro atoms. The highest BCUT2D eigenvalue weighted by Crippen LogP contribution is 2.28. The Morgan fingerprint density at radius 1 is 1.18 bits per heavy atom. The molecule has 4 N–H and O–H groups in total. The molecule has 11 nitrogen and oxygen atoms in total. The van der Waals surface area contributed by atoms with Crippen molar-refractivity contribution < 1.29 is 13.2 Å². The number of sulfonamides is 1. The van der Waals surface area contributed by atoms with Gasteiger partial charge in [-0.1, -0.05) is 19.9 Å². The number of nitrogens with zero attached hydrogens (tertiary/aromatic N) is 5.